The van der Waals surface area contributed by atoms with Gasteiger partial charge in [0.2, 0.25) is 5.43 Å². The number of nitrogens with zero attached hydrogens (tertiary/aromatic N) is 3. The number of rotatable bonds is 8. The van der Waals surface area contributed by atoms with Gasteiger partial charge in [-0.2, -0.15) is 0 Å². The number of hydrogen-bond donors (Lipinski definition) is 2. The van der Waals surface area contributed by atoms with Crippen LogP contribution < -0.4 is 5.43 Å². The summed E-state index contributed by atoms with van der Waals surface area (Å²) < 4.78 is 1.99. The van der Waals surface area contributed by atoms with Crippen LogP contribution in [0.1, 0.15) is 17.8 Å². The lowest BCUT2D eigenvalue weighted by atomic mass is 10.2. The van der Waals surface area contributed by atoms with Gasteiger partial charge in [-0.25, -0.2) is 0 Å². The van der Waals surface area contributed by atoms with Crippen LogP contribution in [0.4, 0.5) is 0 Å². The summed E-state index contributed by atoms with van der Waals surface area (Å²) in [6.07, 6.45) is 0.937. The van der Waals surface area contributed by atoms with Gasteiger partial charge in [-0.05, 0) is 41.0 Å². The lowest BCUT2D eigenvalue weighted by Gasteiger charge is -2.22. The standard InChI is InChI=1S/C15H27N3O3/c1-12-10-14(20)15(21)13(11-17(4)8-9-19)18(12)7-5-6-16(2)3/h10,19,21H,5-9,11H2,1-4H3. The van der Waals surface area contributed by atoms with Gasteiger partial charge < -0.3 is 19.7 Å². The van der Waals surface area contributed by atoms with Crippen LogP contribution in [0.2, 0.25) is 0 Å². The van der Waals surface area contributed by atoms with Crippen molar-refractivity contribution in [2.75, 3.05) is 40.8 Å². The second-order valence-corrected chi connectivity index (χ2v) is 5.72. The van der Waals surface area contributed by atoms with Gasteiger partial charge in [0.1, 0.15) is 0 Å². The molecule has 0 aliphatic heterocycles. The first-order chi connectivity index (χ1) is 9.86. The van der Waals surface area contributed by atoms with E-state index in [1.807, 2.05) is 37.5 Å². The quantitative estimate of drug-likeness (QED) is 0.719. The van der Waals surface area contributed by atoms with E-state index in [2.05, 4.69) is 4.90 Å². The molecule has 0 atom stereocenters. The molecule has 0 aliphatic rings. The lowest BCUT2D eigenvalue weighted by Crippen LogP contribution is -2.27. The summed E-state index contributed by atoms with van der Waals surface area (Å²) in [6.45, 7) is 4.56. The molecule has 0 bridgehead atoms. The third kappa shape index (κ3) is 5.15. The summed E-state index contributed by atoms with van der Waals surface area (Å²) in [6, 6.07) is 1.47. The van der Waals surface area contributed by atoms with Gasteiger partial charge in [-0.1, -0.05) is 0 Å². The Labute approximate surface area is 126 Å². The number of aryl methyl sites for hydroxylation is 1. The molecule has 6 nitrogen and oxygen atoms in total. The minimum Gasteiger partial charge on any atom is -0.503 e. The van der Waals surface area contributed by atoms with Gasteiger partial charge in [-0.15, -0.1) is 0 Å². The van der Waals surface area contributed by atoms with Gasteiger partial charge >= 0.3 is 0 Å². The third-order valence-corrected chi connectivity index (χ3v) is 3.49. The number of aliphatic hydroxyl groups is 1. The molecule has 0 amide bonds. The number of likely N-dealkylation sites (N-methyl/N-ethyl adjacent to an activating group) is 1. The Hall–Kier alpha value is -1.37. The molecule has 0 radical (unpaired) electrons. The SMILES string of the molecule is Cc1cc(=O)c(O)c(CN(C)CCO)n1CCCN(C)C. The Morgan fingerprint density at radius 3 is 2.48 bits per heavy atom. The van der Waals surface area contributed by atoms with Gasteiger partial charge in [-0.3, -0.25) is 9.69 Å². The zero-order chi connectivity index (χ0) is 16.0. The Balaban J connectivity index is 3.03. The smallest absolute Gasteiger partial charge is 0.223 e. The molecule has 21 heavy (non-hydrogen) atoms. The summed E-state index contributed by atoms with van der Waals surface area (Å²) in [5, 5.41) is 19.1. The highest BCUT2D eigenvalue weighted by atomic mass is 16.3. The van der Waals surface area contributed by atoms with Crippen molar-refractivity contribution in [3.63, 3.8) is 0 Å². The molecule has 0 spiro atoms. The molecule has 120 valence electrons. The van der Waals surface area contributed by atoms with Crippen molar-refractivity contribution in [2.45, 2.75) is 26.4 Å². The van der Waals surface area contributed by atoms with Crippen LogP contribution in [0.5, 0.6) is 5.75 Å². The summed E-state index contributed by atoms with van der Waals surface area (Å²) in [5.74, 6) is -0.185. The number of hydrogen-bond acceptors (Lipinski definition) is 5. The first kappa shape index (κ1) is 17.7. The molecule has 2 N–H and O–H groups in total. The highest BCUT2D eigenvalue weighted by Crippen LogP contribution is 2.17. The van der Waals surface area contributed by atoms with E-state index in [-0.39, 0.29) is 17.8 Å². The highest BCUT2D eigenvalue weighted by molar-refractivity contribution is 5.29. The molecule has 0 saturated carbocycles. The molecule has 0 unspecified atom stereocenters. The van der Waals surface area contributed by atoms with Crippen LogP contribution in [0.3, 0.4) is 0 Å². The monoisotopic (exact) mass is 297 g/mol. The molecule has 1 heterocycles. The van der Waals surface area contributed by atoms with Crippen molar-refractivity contribution in [1.82, 2.24) is 14.4 Å². The van der Waals surface area contributed by atoms with Crippen molar-refractivity contribution in [2.24, 2.45) is 0 Å². The van der Waals surface area contributed by atoms with E-state index in [0.29, 0.717) is 18.8 Å². The Morgan fingerprint density at radius 2 is 1.90 bits per heavy atom. The van der Waals surface area contributed by atoms with Crippen molar-refractivity contribution < 1.29 is 10.2 Å². The largest absolute Gasteiger partial charge is 0.503 e. The normalized spacial score (nSPS) is 11.6. The van der Waals surface area contributed by atoms with E-state index >= 15 is 0 Å². The number of aliphatic hydroxyl groups excluding tert-OH is 1. The molecule has 0 fully saturated rings. The molecule has 0 saturated heterocycles. The van der Waals surface area contributed by atoms with E-state index < -0.39 is 0 Å². The molecular weight excluding hydrogens is 270 g/mol. The highest BCUT2D eigenvalue weighted by Gasteiger charge is 2.14. The molecule has 1 aromatic heterocycles. The molecule has 0 aliphatic carbocycles. The molecule has 6 heteroatoms. The third-order valence-electron chi connectivity index (χ3n) is 3.49. The molecular formula is C15H27N3O3. The fraction of sp³-hybridized carbons (Fsp3) is 0.667. The van der Waals surface area contributed by atoms with Gasteiger partial charge in [0.05, 0.1) is 12.3 Å². The maximum atomic E-state index is 11.8. The lowest BCUT2D eigenvalue weighted by molar-refractivity contribution is 0.212. The predicted octanol–water partition coefficient (Wildman–Crippen LogP) is 0.238. The summed E-state index contributed by atoms with van der Waals surface area (Å²) in [4.78, 5) is 15.8. The van der Waals surface area contributed by atoms with E-state index in [1.165, 1.54) is 6.07 Å². The van der Waals surface area contributed by atoms with E-state index in [9.17, 15) is 9.90 Å². The van der Waals surface area contributed by atoms with Crippen LogP contribution in [-0.4, -0.2) is 65.4 Å². The zero-order valence-electron chi connectivity index (χ0n) is 13.5. The Bertz CT molecular complexity index is 512. The maximum absolute atomic E-state index is 11.8. The van der Waals surface area contributed by atoms with Crippen molar-refractivity contribution >= 4 is 0 Å². The Kier molecular flexibility index (Phi) is 6.87. The molecule has 1 rings (SSSR count). The molecule has 0 aromatic carbocycles. The Morgan fingerprint density at radius 1 is 1.24 bits per heavy atom. The van der Waals surface area contributed by atoms with Crippen LogP contribution in [0, 0.1) is 6.92 Å². The average molecular weight is 297 g/mol. The van der Waals surface area contributed by atoms with Crippen molar-refractivity contribution in [1.29, 1.82) is 0 Å². The second-order valence-electron chi connectivity index (χ2n) is 5.72. The average Bonchev–Trinajstić information content (AvgIpc) is 2.39. The predicted molar refractivity (Wildman–Crippen MR) is 83.7 cm³/mol. The zero-order valence-corrected chi connectivity index (χ0v) is 13.5. The number of aromatic nitrogens is 1. The first-order valence-electron chi connectivity index (χ1n) is 7.23. The van der Waals surface area contributed by atoms with E-state index in [1.54, 1.807) is 0 Å². The maximum Gasteiger partial charge on any atom is 0.223 e. The topological polar surface area (TPSA) is 68.9 Å². The summed E-state index contributed by atoms with van der Waals surface area (Å²) >= 11 is 0. The minimum atomic E-state index is -0.344. The summed E-state index contributed by atoms with van der Waals surface area (Å²) in [5.41, 5.74) is 1.13. The van der Waals surface area contributed by atoms with Crippen LogP contribution >= 0.6 is 0 Å². The van der Waals surface area contributed by atoms with Crippen LogP contribution in [0.15, 0.2) is 10.9 Å². The number of aromatic hydroxyl groups is 1. The summed E-state index contributed by atoms with van der Waals surface area (Å²) in [7, 11) is 5.89. The van der Waals surface area contributed by atoms with Crippen LogP contribution in [-0.2, 0) is 13.1 Å². The first-order valence-corrected chi connectivity index (χ1v) is 7.23. The van der Waals surface area contributed by atoms with Crippen molar-refractivity contribution in [3.05, 3.63) is 27.7 Å². The van der Waals surface area contributed by atoms with E-state index in [4.69, 9.17) is 5.11 Å². The van der Waals surface area contributed by atoms with Crippen molar-refractivity contribution in [3.8, 4) is 5.75 Å². The molecule has 1 aromatic rings. The second kappa shape index (κ2) is 8.17. The fourth-order valence-corrected chi connectivity index (χ4v) is 2.34. The van der Waals surface area contributed by atoms with Gasteiger partial charge in [0.15, 0.2) is 5.75 Å². The van der Waals surface area contributed by atoms with Crippen LogP contribution in [0.25, 0.3) is 0 Å². The number of pyridine rings is 1. The van der Waals surface area contributed by atoms with Gasteiger partial charge in [0, 0.05) is 31.4 Å². The fourth-order valence-electron chi connectivity index (χ4n) is 2.34. The van der Waals surface area contributed by atoms with E-state index in [0.717, 1.165) is 25.2 Å². The van der Waals surface area contributed by atoms with Gasteiger partial charge in [0.25, 0.3) is 0 Å². The minimum absolute atomic E-state index is 0.0495.